The molecular formula is C14H26O. The van der Waals surface area contributed by atoms with E-state index in [1.54, 1.807) is 6.08 Å². The van der Waals surface area contributed by atoms with Crippen molar-refractivity contribution in [2.75, 3.05) is 6.61 Å². The van der Waals surface area contributed by atoms with Crippen molar-refractivity contribution in [3.8, 4) is 0 Å². The van der Waals surface area contributed by atoms with Crippen LogP contribution >= 0.6 is 0 Å². The normalized spacial score (nSPS) is 11.9. The van der Waals surface area contributed by atoms with E-state index in [2.05, 4.69) is 19.1 Å². The fourth-order valence-electron chi connectivity index (χ4n) is 1.51. The van der Waals surface area contributed by atoms with Crippen LogP contribution in [-0.4, -0.2) is 11.7 Å². The maximum atomic E-state index is 8.50. The zero-order valence-corrected chi connectivity index (χ0v) is 10.1. The lowest BCUT2D eigenvalue weighted by Crippen LogP contribution is -1.77. The molecule has 0 aliphatic heterocycles. The number of aliphatic hydroxyl groups is 1. The highest BCUT2D eigenvalue weighted by atomic mass is 16.2. The van der Waals surface area contributed by atoms with Crippen LogP contribution in [0.2, 0.25) is 0 Å². The first kappa shape index (κ1) is 14.4. The number of rotatable bonds is 10. The van der Waals surface area contributed by atoms with Gasteiger partial charge in [-0.3, -0.25) is 0 Å². The Morgan fingerprint density at radius 1 is 0.800 bits per heavy atom. The molecule has 0 aliphatic rings. The molecule has 0 unspecified atom stereocenters. The zero-order valence-electron chi connectivity index (χ0n) is 10.1. The van der Waals surface area contributed by atoms with Gasteiger partial charge in [-0.2, -0.15) is 0 Å². The zero-order chi connectivity index (χ0) is 11.2. The third-order valence-electron chi connectivity index (χ3n) is 2.44. The molecule has 0 spiro atoms. The fourth-order valence-corrected chi connectivity index (χ4v) is 1.51. The lowest BCUT2D eigenvalue weighted by molar-refractivity contribution is 0.342. The molecule has 1 nitrogen and oxygen atoms in total. The highest BCUT2D eigenvalue weighted by molar-refractivity contribution is 4.92. The van der Waals surface area contributed by atoms with E-state index in [0.29, 0.717) is 0 Å². The predicted octanol–water partition coefficient (Wildman–Crippen LogP) is 4.23. The molecule has 0 radical (unpaired) electrons. The monoisotopic (exact) mass is 210 g/mol. The Morgan fingerprint density at radius 2 is 1.47 bits per heavy atom. The Hall–Kier alpha value is -0.560. The summed E-state index contributed by atoms with van der Waals surface area (Å²) in [7, 11) is 0. The molecule has 0 saturated heterocycles. The molecule has 0 rings (SSSR count). The third kappa shape index (κ3) is 13.4. The van der Waals surface area contributed by atoms with Crippen molar-refractivity contribution in [3.63, 3.8) is 0 Å². The summed E-state index contributed by atoms with van der Waals surface area (Å²) in [4.78, 5) is 0. The minimum atomic E-state index is 0.158. The van der Waals surface area contributed by atoms with Crippen LogP contribution in [0, 0.1) is 0 Å². The van der Waals surface area contributed by atoms with E-state index in [0.717, 1.165) is 6.42 Å². The number of hydrogen-bond donors (Lipinski definition) is 1. The van der Waals surface area contributed by atoms with E-state index in [1.807, 2.05) is 6.08 Å². The molecule has 0 aromatic rings. The Kier molecular flexibility index (Phi) is 12.9. The molecule has 88 valence electrons. The number of unbranched alkanes of at least 4 members (excludes halogenated alkanes) is 6. The molecule has 0 atom stereocenters. The molecule has 1 heteroatoms. The van der Waals surface area contributed by atoms with Gasteiger partial charge >= 0.3 is 0 Å². The van der Waals surface area contributed by atoms with Crippen molar-refractivity contribution >= 4 is 0 Å². The quantitative estimate of drug-likeness (QED) is 0.422. The van der Waals surface area contributed by atoms with Gasteiger partial charge in [0.2, 0.25) is 0 Å². The van der Waals surface area contributed by atoms with Crippen LogP contribution in [0.25, 0.3) is 0 Å². The standard InChI is InChI=1S/C14H26O/c1-2-3-4-5-6-7-8-9-10-11-12-13-14-15/h9-10,12-13,15H,2-8,11,14H2,1H3. The van der Waals surface area contributed by atoms with E-state index in [9.17, 15) is 0 Å². The lowest BCUT2D eigenvalue weighted by Gasteiger charge is -1.97. The van der Waals surface area contributed by atoms with Gasteiger partial charge in [0.05, 0.1) is 6.61 Å². The lowest BCUT2D eigenvalue weighted by atomic mass is 10.1. The highest BCUT2D eigenvalue weighted by Gasteiger charge is 1.87. The van der Waals surface area contributed by atoms with E-state index in [4.69, 9.17) is 5.11 Å². The summed E-state index contributed by atoms with van der Waals surface area (Å²) in [5.41, 5.74) is 0. The molecule has 0 amide bonds. The van der Waals surface area contributed by atoms with Gasteiger partial charge in [0.25, 0.3) is 0 Å². The Bertz CT molecular complexity index is 159. The van der Waals surface area contributed by atoms with Gasteiger partial charge in [-0.05, 0) is 19.3 Å². The van der Waals surface area contributed by atoms with Crippen LogP contribution in [-0.2, 0) is 0 Å². The first-order valence-corrected chi connectivity index (χ1v) is 6.32. The van der Waals surface area contributed by atoms with Crippen LogP contribution in [0.5, 0.6) is 0 Å². The van der Waals surface area contributed by atoms with Gasteiger partial charge in [-0.15, -0.1) is 0 Å². The van der Waals surface area contributed by atoms with Crippen LogP contribution in [0.3, 0.4) is 0 Å². The summed E-state index contributed by atoms with van der Waals surface area (Å²) in [6, 6.07) is 0. The maximum Gasteiger partial charge on any atom is 0.0612 e. The van der Waals surface area contributed by atoms with Gasteiger partial charge in [0.15, 0.2) is 0 Å². The van der Waals surface area contributed by atoms with Crippen molar-refractivity contribution in [3.05, 3.63) is 24.3 Å². The summed E-state index contributed by atoms with van der Waals surface area (Å²) >= 11 is 0. The topological polar surface area (TPSA) is 20.2 Å². The third-order valence-corrected chi connectivity index (χ3v) is 2.44. The number of aliphatic hydroxyl groups excluding tert-OH is 1. The van der Waals surface area contributed by atoms with Crippen LogP contribution in [0.15, 0.2) is 24.3 Å². The van der Waals surface area contributed by atoms with E-state index in [1.165, 1.54) is 44.9 Å². The molecule has 0 aliphatic carbocycles. The molecule has 1 N–H and O–H groups in total. The SMILES string of the molecule is CCCCCCCCC=CCC=CCO. The second-order valence-corrected chi connectivity index (χ2v) is 3.92. The molecule has 0 bridgehead atoms. The Labute approximate surface area is 94.9 Å². The fraction of sp³-hybridized carbons (Fsp3) is 0.714. The van der Waals surface area contributed by atoms with Crippen molar-refractivity contribution in [1.29, 1.82) is 0 Å². The van der Waals surface area contributed by atoms with Crippen molar-refractivity contribution < 1.29 is 5.11 Å². The highest BCUT2D eigenvalue weighted by Crippen LogP contribution is 2.07. The average Bonchev–Trinajstić information content (AvgIpc) is 2.26. The minimum Gasteiger partial charge on any atom is -0.392 e. The Morgan fingerprint density at radius 3 is 2.20 bits per heavy atom. The van der Waals surface area contributed by atoms with Gasteiger partial charge < -0.3 is 5.11 Å². The average molecular weight is 210 g/mol. The second-order valence-electron chi connectivity index (χ2n) is 3.92. The maximum absolute atomic E-state index is 8.50. The van der Waals surface area contributed by atoms with Gasteiger partial charge in [0.1, 0.15) is 0 Å². The molecule has 0 aromatic heterocycles. The molecule has 0 heterocycles. The molecule has 0 saturated carbocycles. The van der Waals surface area contributed by atoms with E-state index >= 15 is 0 Å². The summed E-state index contributed by atoms with van der Waals surface area (Å²) < 4.78 is 0. The smallest absolute Gasteiger partial charge is 0.0612 e. The van der Waals surface area contributed by atoms with Crippen LogP contribution < -0.4 is 0 Å². The van der Waals surface area contributed by atoms with Gasteiger partial charge in [-0.25, -0.2) is 0 Å². The van der Waals surface area contributed by atoms with Crippen LogP contribution in [0.1, 0.15) is 58.3 Å². The first-order valence-electron chi connectivity index (χ1n) is 6.32. The summed E-state index contributed by atoms with van der Waals surface area (Å²) in [6.45, 7) is 2.41. The summed E-state index contributed by atoms with van der Waals surface area (Å²) in [6.07, 6.45) is 18.6. The molecule has 15 heavy (non-hydrogen) atoms. The van der Waals surface area contributed by atoms with E-state index in [-0.39, 0.29) is 6.61 Å². The van der Waals surface area contributed by atoms with Gasteiger partial charge in [0, 0.05) is 0 Å². The number of allylic oxidation sites excluding steroid dienone is 3. The van der Waals surface area contributed by atoms with Crippen LogP contribution in [0.4, 0.5) is 0 Å². The minimum absolute atomic E-state index is 0.158. The largest absolute Gasteiger partial charge is 0.392 e. The number of hydrogen-bond acceptors (Lipinski definition) is 1. The Balaban J connectivity index is 3.06. The molecule has 0 fully saturated rings. The predicted molar refractivity (Wildman–Crippen MR) is 68.0 cm³/mol. The van der Waals surface area contributed by atoms with Crippen molar-refractivity contribution in [2.24, 2.45) is 0 Å². The van der Waals surface area contributed by atoms with Crippen molar-refractivity contribution in [1.82, 2.24) is 0 Å². The van der Waals surface area contributed by atoms with Gasteiger partial charge in [-0.1, -0.05) is 63.3 Å². The molecular weight excluding hydrogens is 184 g/mol. The second kappa shape index (κ2) is 13.4. The molecule has 0 aromatic carbocycles. The van der Waals surface area contributed by atoms with E-state index < -0.39 is 0 Å². The summed E-state index contributed by atoms with van der Waals surface area (Å²) in [5, 5.41) is 8.50. The first-order chi connectivity index (χ1) is 7.41. The van der Waals surface area contributed by atoms with Crippen molar-refractivity contribution in [2.45, 2.75) is 58.3 Å². The summed E-state index contributed by atoms with van der Waals surface area (Å²) in [5.74, 6) is 0.